The van der Waals surface area contributed by atoms with E-state index in [2.05, 4.69) is 10.6 Å². The molecular weight excluding hydrogens is 380 g/mol. The van der Waals surface area contributed by atoms with Crippen molar-refractivity contribution < 1.29 is 33.4 Å². The minimum atomic E-state index is -1.09. The first-order chi connectivity index (χ1) is 13.6. The number of carbonyl (C=O) groups is 4. The van der Waals surface area contributed by atoms with Gasteiger partial charge in [-0.2, -0.15) is 0 Å². The van der Waals surface area contributed by atoms with E-state index in [0.29, 0.717) is 5.56 Å². The molecule has 2 amide bonds. The molecule has 0 fully saturated rings. The molecule has 0 saturated heterocycles. The van der Waals surface area contributed by atoms with Crippen LogP contribution in [0.1, 0.15) is 45.0 Å². The van der Waals surface area contributed by atoms with Crippen molar-refractivity contribution in [1.29, 1.82) is 0 Å². The van der Waals surface area contributed by atoms with E-state index >= 15 is 0 Å². The van der Waals surface area contributed by atoms with Crippen LogP contribution in [0.2, 0.25) is 0 Å². The van der Waals surface area contributed by atoms with Crippen LogP contribution >= 0.6 is 0 Å². The first kappa shape index (κ1) is 24.1. The maximum Gasteiger partial charge on any atom is 0.304 e. The summed E-state index contributed by atoms with van der Waals surface area (Å²) in [7, 11) is 0. The smallest absolute Gasteiger partial charge is 0.304 e. The van der Waals surface area contributed by atoms with Gasteiger partial charge in [0.05, 0.1) is 0 Å². The van der Waals surface area contributed by atoms with Gasteiger partial charge in [-0.1, -0.05) is 18.2 Å². The largest absolute Gasteiger partial charge is 0.460 e. The third-order valence-corrected chi connectivity index (χ3v) is 3.85. The van der Waals surface area contributed by atoms with Crippen molar-refractivity contribution in [3.63, 3.8) is 0 Å². The lowest BCUT2D eigenvalue weighted by molar-refractivity contribution is -0.170. The molecule has 0 spiro atoms. The number of carbonyl (C=O) groups excluding carboxylic acids is 4. The van der Waals surface area contributed by atoms with Crippen molar-refractivity contribution >= 4 is 23.8 Å². The lowest BCUT2D eigenvalue weighted by Gasteiger charge is -2.31. The molecule has 0 radical (unpaired) electrons. The monoisotopic (exact) mass is 408 g/mol. The molecule has 0 aliphatic heterocycles. The molecule has 160 valence electrons. The van der Waals surface area contributed by atoms with Crippen LogP contribution in [-0.2, 0) is 28.6 Å². The number of esters is 2. The van der Waals surface area contributed by atoms with Gasteiger partial charge in [0.1, 0.15) is 18.3 Å². The first-order valence-electron chi connectivity index (χ1n) is 9.20. The highest BCUT2D eigenvalue weighted by molar-refractivity contribution is 5.94. The highest BCUT2D eigenvalue weighted by Gasteiger charge is 2.30. The SMILES string of the molecule is CC(=O)NCC(OC(C)C(NC(=O)c1ccccc1)OC(C)=O)C(C)OC(C)=O. The lowest BCUT2D eigenvalue weighted by atomic mass is 10.2. The number of hydrogen-bond acceptors (Lipinski definition) is 7. The van der Waals surface area contributed by atoms with Crippen LogP contribution < -0.4 is 10.6 Å². The van der Waals surface area contributed by atoms with E-state index in [1.54, 1.807) is 44.2 Å². The third-order valence-electron chi connectivity index (χ3n) is 3.85. The Morgan fingerprint density at radius 2 is 1.48 bits per heavy atom. The summed E-state index contributed by atoms with van der Waals surface area (Å²) in [5.41, 5.74) is 0.389. The van der Waals surface area contributed by atoms with Crippen molar-refractivity contribution in [2.24, 2.45) is 0 Å². The van der Waals surface area contributed by atoms with E-state index in [9.17, 15) is 19.2 Å². The van der Waals surface area contributed by atoms with E-state index in [0.717, 1.165) is 0 Å². The standard InChI is InChI=1S/C20H28N2O7/c1-12(27-15(4)24)18(11-21-14(3)23)28-13(2)20(29-16(5)25)22-19(26)17-9-7-6-8-10-17/h6-10,12-13,18,20H,11H2,1-5H3,(H,21,23)(H,22,26). The predicted octanol–water partition coefficient (Wildman–Crippen LogP) is 1.17. The van der Waals surface area contributed by atoms with Crippen LogP contribution in [0.4, 0.5) is 0 Å². The lowest BCUT2D eigenvalue weighted by Crippen LogP contribution is -2.50. The summed E-state index contributed by atoms with van der Waals surface area (Å²) < 4.78 is 16.2. The first-order valence-corrected chi connectivity index (χ1v) is 9.20. The molecule has 4 atom stereocenters. The molecule has 1 rings (SSSR count). The molecule has 9 nitrogen and oxygen atoms in total. The zero-order valence-electron chi connectivity index (χ0n) is 17.3. The summed E-state index contributed by atoms with van der Waals surface area (Å²) in [6.07, 6.45) is -3.32. The number of benzene rings is 1. The zero-order chi connectivity index (χ0) is 22.0. The molecule has 0 heterocycles. The van der Waals surface area contributed by atoms with E-state index in [1.807, 2.05) is 0 Å². The molecule has 1 aromatic rings. The number of ether oxygens (including phenoxy) is 3. The zero-order valence-corrected chi connectivity index (χ0v) is 17.3. The number of nitrogens with one attached hydrogen (secondary N) is 2. The molecule has 29 heavy (non-hydrogen) atoms. The number of hydrogen-bond donors (Lipinski definition) is 2. The van der Waals surface area contributed by atoms with E-state index in [4.69, 9.17) is 14.2 Å². The summed E-state index contributed by atoms with van der Waals surface area (Å²) in [5.74, 6) is -1.84. The normalized spacial score (nSPS) is 14.7. The molecule has 4 unspecified atom stereocenters. The molecule has 2 N–H and O–H groups in total. The maximum absolute atomic E-state index is 12.4. The fourth-order valence-electron chi connectivity index (χ4n) is 2.48. The van der Waals surface area contributed by atoms with Gasteiger partial charge in [-0.15, -0.1) is 0 Å². The average molecular weight is 408 g/mol. The fraction of sp³-hybridized carbons (Fsp3) is 0.500. The van der Waals surface area contributed by atoms with E-state index < -0.39 is 42.4 Å². The third kappa shape index (κ3) is 9.20. The molecule has 0 aliphatic rings. The van der Waals surface area contributed by atoms with Crippen LogP contribution in [0.25, 0.3) is 0 Å². The van der Waals surface area contributed by atoms with Crippen molar-refractivity contribution in [1.82, 2.24) is 10.6 Å². The highest BCUT2D eigenvalue weighted by atomic mass is 16.6. The maximum atomic E-state index is 12.4. The van der Waals surface area contributed by atoms with Gasteiger partial charge in [0.25, 0.3) is 5.91 Å². The Bertz CT molecular complexity index is 708. The fourth-order valence-corrected chi connectivity index (χ4v) is 2.48. The molecule has 0 aromatic heterocycles. The molecule has 0 saturated carbocycles. The van der Waals surface area contributed by atoms with Crippen LogP contribution in [-0.4, -0.2) is 54.8 Å². The summed E-state index contributed by atoms with van der Waals surface area (Å²) in [6, 6.07) is 8.43. The molecule has 1 aromatic carbocycles. The Morgan fingerprint density at radius 1 is 0.897 bits per heavy atom. The summed E-state index contributed by atoms with van der Waals surface area (Å²) >= 11 is 0. The van der Waals surface area contributed by atoms with Crippen LogP contribution in [0.3, 0.4) is 0 Å². The van der Waals surface area contributed by atoms with Crippen molar-refractivity contribution in [2.75, 3.05) is 6.54 Å². The molecule has 9 heteroatoms. The van der Waals surface area contributed by atoms with Gasteiger partial charge < -0.3 is 24.8 Å². The Balaban J connectivity index is 2.91. The van der Waals surface area contributed by atoms with Crippen molar-refractivity contribution in [2.45, 2.75) is 59.2 Å². The van der Waals surface area contributed by atoms with Crippen LogP contribution in [0.5, 0.6) is 0 Å². The summed E-state index contributed by atoms with van der Waals surface area (Å²) in [5, 5.41) is 5.21. The second kappa shape index (κ2) is 11.8. The number of amides is 2. The average Bonchev–Trinajstić information content (AvgIpc) is 2.63. The van der Waals surface area contributed by atoms with Gasteiger partial charge >= 0.3 is 11.9 Å². The second-order valence-corrected chi connectivity index (χ2v) is 6.50. The van der Waals surface area contributed by atoms with Gasteiger partial charge in [-0.3, -0.25) is 19.2 Å². The Kier molecular flexibility index (Phi) is 9.81. The second-order valence-electron chi connectivity index (χ2n) is 6.50. The summed E-state index contributed by atoms with van der Waals surface area (Å²) in [6.45, 7) is 7.10. The van der Waals surface area contributed by atoms with E-state index in [1.165, 1.54) is 20.8 Å². The molecular formula is C20H28N2O7. The predicted molar refractivity (Wildman–Crippen MR) is 104 cm³/mol. The Morgan fingerprint density at radius 3 is 2.00 bits per heavy atom. The minimum Gasteiger partial charge on any atom is -0.460 e. The Hall–Kier alpha value is -2.94. The van der Waals surface area contributed by atoms with Gasteiger partial charge in [0.15, 0.2) is 0 Å². The molecule has 0 aliphatic carbocycles. The van der Waals surface area contributed by atoms with Gasteiger partial charge in [0.2, 0.25) is 12.1 Å². The highest BCUT2D eigenvalue weighted by Crippen LogP contribution is 2.12. The van der Waals surface area contributed by atoms with Crippen LogP contribution in [0.15, 0.2) is 30.3 Å². The quantitative estimate of drug-likeness (QED) is 0.440. The number of rotatable bonds is 10. The van der Waals surface area contributed by atoms with Crippen LogP contribution in [0, 0.1) is 0 Å². The van der Waals surface area contributed by atoms with E-state index in [-0.39, 0.29) is 12.5 Å². The topological polar surface area (TPSA) is 120 Å². The molecule has 0 bridgehead atoms. The summed E-state index contributed by atoms with van der Waals surface area (Å²) in [4.78, 5) is 46.5. The van der Waals surface area contributed by atoms with Crippen molar-refractivity contribution in [3.05, 3.63) is 35.9 Å². The van der Waals surface area contributed by atoms with Gasteiger partial charge in [-0.25, -0.2) is 0 Å². The van der Waals surface area contributed by atoms with Gasteiger partial charge in [0, 0.05) is 32.9 Å². The van der Waals surface area contributed by atoms with Crippen molar-refractivity contribution in [3.8, 4) is 0 Å². The van der Waals surface area contributed by atoms with Gasteiger partial charge in [-0.05, 0) is 26.0 Å². The minimum absolute atomic E-state index is 0.0630. The Labute approximate surface area is 170 Å².